The van der Waals surface area contributed by atoms with Gasteiger partial charge in [0.05, 0.1) is 13.2 Å². The Bertz CT molecular complexity index is 735. The summed E-state index contributed by atoms with van der Waals surface area (Å²) < 4.78 is 5.43. The average Bonchev–Trinajstić information content (AvgIpc) is 2.51. The third-order valence-corrected chi connectivity index (χ3v) is 3.23. The molecule has 0 aliphatic carbocycles. The second-order valence-electron chi connectivity index (χ2n) is 5.94. The van der Waals surface area contributed by atoms with Crippen molar-refractivity contribution in [3.8, 4) is 5.75 Å². The van der Waals surface area contributed by atoms with Crippen molar-refractivity contribution in [3.05, 3.63) is 63.6 Å². The number of aromatic nitrogens is 1. The summed E-state index contributed by atoms with van der Waals surface area (Å²) in [7, 11) is 0. The number of carbonyl (C=O) groups excluding carboxylic acids is 1. The van der Waals surface area contributed by atoms with Gasteiger partial charge in [0.1, 0.15) is 0 Å². The van der Waals surface area contributed by atoms with Crippen molar-refractivity contribution in [1.82, 2.24) is 10.3 Å². The van der Waals surface area contributed by atoms with Crippen LogP contribution < -0.4 is 15.5 Å². The van der Waals surface area contributed by atoms with Gasteiger partial charge in [0, 0.05) is 23.5 Å². The van der Waals surface area contributed by atoms with E-state index in [0.717, 1.165) is 5.56 Å². The number of aryl methyl sites for hydroxylation is 1. The summed E-state index contributed by atoms with van der Waals surface area (Å²) in [5.74, 6) is 0.477. The van der Waals surface area contributed by atoms with Crippen LogP contribution in [0, 0.1) is 12.8 Å². The summed E-state index contributed by atoms with van der Waals surface area (Å²) >= 11 is 0. The van der Waals surface area contributed by atoms with E-state index < -0.39 is 0 Å². The molecule has 0 bridgehead atoms. The van der Waals surface area contributed by atoms with Crippen molar-refractivity contribution in [3.63, 3.8) is 0 Å². The molecule has 0 radical (unpaired) electrons. The van der Waals surface area contributed by atoms with E-state index in [4.69, 9.17) is 4.74 Å². The molecule has 0 fully saturated rings. The molecule has 1 heterocycles. The zero-order valence-corrected chi connectivity index (χ0v) is 13.7. The lowest BCUT2D eigenvalue weighted by Gasteiger charge is -2.09. The molecule has 1 aromatic carbocycles. The normalized spacial score (nSPS) is 10.6. The highest BCUT2D eigenvalue weighted by Gasteiger charge is 2.07. The van der Waals surface area contributed by atoms with Crippen LogP contribution in [0.2, 0.25) is 0 Å². The number of hydrogen-bond acceptors (Lipinski definition) is 3. The molecule has 23 heavy (non-hydrogen) atoms. The van der Waals surface area contributed by atoms with Crippen LogP contribution in [0.5, 0.6) is 5.75 Å². The Hall–Kier alpha value is -2.56. The third kappa shape index (κ3) is 4.98. The molecule has 0 spiro atoms. The Morgan fingerprint density at radius 1 is 1.30 bits per heavy atom. The molecule has 0 saturated heterocycles. The molecule has 1 amide bonds. The number of H-pyrrole nitrogens is 1. The second kappa shape index (κ2) is 7.63. The summed E-state index contributed by atoms with van der Waals surface area (Å²) in [6.45, 7) is 6.72. The molecule has 2 aromatic rings. The van der Waals surface area contributed by atoms with E-state index in [1.54, 1.807) is 12.3 Å². The lowest BCUT2D eigenvalue weighted by atomic mass is 10.1. The lowest BCUT2D eigenvalue weighted by Crippen LogP contribution is -2.24. The Labute approximate surface area is 135 Å². The van der Waals surface area contributed by atoms with Gasteiger partial charge in [0.25, 0.3) is 5.91 Å². The van der Waals surface area contributed by atoms with Crippen LogP contribution in [-0.2, 0) is 6.54 Å². The zero-order valence-electron chi connectivity index (χ0n) is 13.7. The van der Waals surface area contributed by atoms with Gasteiger partial charge in [-0.05, 0) is 25.0 Å². The number of nitrogens with one attached hydrogen (secondary N) is 2. The van der Waals surface area contributed by atoms with E-state index in [1.807, 2.05) is 39.0 Å². The first-order chi connectivity index (χ1) is 11.0. The van der Waals surface area contributed by atoms with Crippen LogP contribution in [0.1, 0.15) is 35.5 Å². The van der Waals surface area contributed by atoms with E-state index in [0.29, 0.717) is 29.5 Å². The minimum Gasteiger partial charge on any atom is -0.488 e. The summed E-state index contributed by atoms with van der Waals surface area (Å²) in [5.41, 5.74) is 2.07. The second-order valence-corrected chi connectivity index (χ2v) is 5.94. The van der Waals surface area contributed by atoms with Crippen molar-refractivity contribution < 1.29 is 9.53 Å². The van der Waals surface area contributed by atoms with Gasteiger partial charge in [-0.2, -0.15) is 0 Å². The number of amides is 1. The van der Waals surface area contributed by atoms with Gasteiger partial charge < -0.3 is 15.0 Å². The van der Waals surface area contributed by atoms with E-state index in [2.05, 4.69) is 10.3 Å². The Morgan fingerprint density at radius 2 is 2.09 bits per heavy atom. The molecule has 0 unspecified atom stereocenters. The summed E-state index contributed by atoms with van der Waals surface area (Å²) in [5, 5.41) is 2.79. The predicted octanol–water partition coefficient (Wildman–Crippen LogP) is 2.65. The molecular formula is C18H22N2O3. The molecular weight excluding hydrogens is 292 g/mol. The largest absolute Gasteiger partial charge is 0.488 e. The Balaban J connectivity index is 1.97. The maximum Gasteiger partial charge on any atom is 0.251 e. The van der Waals surface area contributed by atoms with Crippen molar-refractivity contribution in [2.45, 2.75) is 27.3 Å². The van der Waals surface area contributed by atoms with E-state index in [-0.39, 0.29) is 17.9 Å². The van der Waals surface area contributed by atoms with Crippen LogP contribution in [0.15, 0.2) is 41.3 Å². The summed E-state index contributed by atoms with van der Waals surface area (Å²) in [6, 6.07) is 8.80. The first kappa shape index (κ1) is 16.8. The summed E-state index contributed by atoms with van der Waals surface area (Å²) in [6.07, 6.45) is 1.54. The molecule has 1 aromatic heterocycles. The lowest BCUT2D eigenvalue weighted by molar-refractivity contribution is 0.0950. The number of pyridine rings is 1. The number of benzene rings is 1. The molecule has 122 valence electrons. The SMILES string of the molecule is Cc1cccc(C(=O)NCc2cc(=O)c(OCC(C)C)c[nH]2)c1. The molecule has 0 saturated carbocycles. The van der Waals surface area contributed by atoms with Crippen molar-refractivity contribution in [1.29, 1.82) is 0 Å². The van der Waals surface area contributed by atoms with Gasteiger partial charge in [-0.15, -0.1) is 0 Å². The third-order valence-electron chi connectivity index (χ3n) is 3.23. The highest BCUT2D eigenvalue weighted by atomic mass is 16.5. The van der Waals surface area contributed by atoms with Gasteiger partial charge in [-0.25, -0.2) is 0 Å². The fourth-order valence-electron chi connectivity index (χ4n) is 2.04. The minimum atomic E-state index is -0.191. The van der Waals surface area contributed by atoms with Gasteiger partial charge in [0.2, 0.25) is 5.43 Å². The quantitative estimate of drug-likeness (QED) is 0.861. The topological polar surface area (TPSA) is 71.2 Å². The van der Waals surface area contributed by atoms with Crippen LogP contribution in [0.3, 0.4) is 0 Å². The molecule has 5 nitrogen and oxygen atoms in total. The van der Waals surface area contributed by atoms with Crippen LogP contribution in [0.25, 0.3) is 0 Å². The van der Waals surface area contributed by atoms with Crippen molar-refractivity contribution >= 4 is 5.91 Å². The number of aromatic amines is 1. The fraction of sp³-hybridized carbons (Fsp3) is 0.333. The predicted molar refractivity (Wildman–Crippen MR) is 89.7 cm³/mol. The van der Waals surface area contributed by atoms with Gasteiger partial charge in [-0.1, -0.05) is 31.5 Å². The molecule has 0 aliphatic rings. The highest BCUT2D eigenvalue weighted by Crippen LogP contribution is 2.06. The number of rotatable bonds is 6. The first-order valence-corrected chi connectivity index (χ1v) is 7.65. The van der Waals surface area contributed by atoms with Crippen LogP contribution in [0.4, 0.5) is 0 Å². The smallest absolute Gasteiger partial charge is 0.251 e. The zero-order chi connectivity index (χ0) is 16.8. The van der Waals surface area contributed by atoms with Gasteiger partial charge in [0.15, 0.2) is 5.75 Å². The van der Waals surface area contributed by atoms with Gasteiger partial charge >= 0.3 is 0 Å². The van der Waals surface area contributed by atoms with E-state index in [9.17, 15) is 9.59 Å². The molecule has 5 heteroatoms. The minimum absolute atomic E-state index is 0.172. The van der Waals surface area contributed by atoms with Crippen molar-refractivity contribution in [2.75, 3.05) is 6.61 Å². The van der Waals surface area contributed by atoms with Crippen LogP contribution in [-0.4, -0.2) is 17.5 Å². The van der Waals surface area contributed by atoms with Gasteiger partial charge in [-0.3, -0.25) is 9.59 Å². The molecule has 2 rings (SSSR count). The summed E-state index contributed by atoms with van der Waals surface area (Å²) in [4.78, 5) is 27.0. The monoisotopic (exact) mass is 314 g/mol. The fourth-order valence-corrected chi connectivity index (χ4v) is 2.04. The van der Waals surface area contributed by atoms with Crippen molar-refractivity contribution in [2.24, 2.45) is 5.92 Å². The number of carbonyl (C=O) groups is 1. The van der Waals surface area contributed by atoms with Crippen LogP contribution >= 0.6 is 0 Å². The first-order valence-electron chi connectivity index (χ1n) is 7.65. The Kier molecular flexibility index (Phi) is 5.57. The standard InChI is InChI=1S/C18H22N2O3/c1-12(2)11-23-17-10-19-15(8-16(17)21)9-20-18(22)14-6-4-5-13(3)7-14/h4-8,10,12H,9,11H2,1-3H3,(H,19,21)(H,20,22). The maximum atomic E-state index is 12.1. The molecule has 0 atom stereocenters. The molecule has 2 N–H and O–H groups in total. The van der Waals surface area contributed by atoms with E-state index >= 15 is 0 Å². The highest BCUT2D eigenvalue weighted by molar-refractivity contribution is 5.94. The number of ether oxygens (including phenoxy) is 1. The Morgan fingerprint density at radius 3 is 2.74 bits per heavy atom. The maximum absolute atomic E-state index is 12.1. The number of hydrogen-bond donors (Lipinski definition) is 2. The average molecular weight is 314 g/mol. The molecule has 0 aliphatic heterocycles. The van der Waals surface area contributed by atoms with E-state index in [1.165, 1.54) is 6.07 Å².